The monoisotopic (exact) mass is 895 g/mol. The van der Waals surface area contributed by atoms with Crippen molar-refractivity contribution in [2.75, 3.05) is 0 Å². The van der Waals surface area contributed by atoms with Crippen LogP contribution >= 0.6 is 16.8 Å². The molecule has 0 fully saturated rings. The molecule has 9 aromatic carbocycles. The number of benzene rings is 9. The summed E-state index contributed by atoms with van der Waals surface area (Å²) in [4.78, 5) is 0. The molecule has 0 spiro atoms. The standard InChI is InChI=1S/3C18H15P.Ru.4H/c3*1-4-10-16(11-5-1)19(17-12-6-2-7-13-17)18-14-8-3-9-15-18;;;;;/h3*1-15H;;;;;/q;;;-3;;;;/p+3. The van der Waals surface area contributed by atoms with E-state index in [4.69, 9.17) is 0 Å². The molecule has 0 radical (unpaired) electrons. The van der Waals surface area contributed by atoms with Crippen molar-refractivity contribution >= 4 is 64.5 Å². The van der Waals surface area contributed by atoms with E-state index in [1.165, 1.54) is 47.7 Å². The van der Waals surface area contributed by atoms with Crippen LogP contribution in [0.2, 0.25) is 0 Å². The zero-order valence-corrected chi connectivity index (χ0v) is 37.9. The summed E-state index contributed by atoms with van der Waals surface area (Å²) < 4.78 is 0. The number of rotatable bonds is 12. The molecular weight excluding hydrogens is 843 g/mol. The number of hydrogen-bond acceptors (Lipinski definition) is 0. The summed E-state index contributed by atoms with van der Waals surface area (Å²) in [7, 11) is 0. The normalized spacial score (nSPS) is 12.9. The first-order chi connectivity index (χ1) is 28.8. The van der Waals surface area contributed by atoms with Crippen molar-refractivity contribution in [1.82, 2.24) is 0 Å². The van der Waals surface area contributed by atoms with Gasteiger partial charge in [0.05, 0.1) is 0 Å². The first kappa shape index (κ1) is 38.4. The summed E-state index contributed by atoms with van der Waals surface area (Å²) in [6.45, 7) is 0. The van der Waals surface area contributed by atoms with Crippen molar-refractivity contribution in [2.24, 2.45) is 0 Å². The fraction of sp³-hybridized carbons (Fsp3) is 0. The molecule has 0 saturated heterocycles. The Morgan fingerprint density at radius 1 is 0.155 bits per heavy atom. The fourth-order valence-electron chi connectivity index (χ4n) is 9.84. The second-order valence-corrected chi connectivity index (χ2v) is 60.8. The van der Waals surface area contributed by atoms with Gasteiger partial charge in [0.1, 0.15) is 0 Å². The van der Waals surface area contributed by atoms with E-state index in [0.29, 0.717) is 0 Å². The Kier molecular flexibility index (Phi) is 11.5. The third-order valence-corrected chi connectivity index (χ3v) is 101. The molecule has 0 aliphatic carbocycles. The third-order valence-electron chi connectivity index (χ3n) is 12.0. The zero-order valence-electron chi connectivity index (χ0n) is 32.5. The van der Waals surface area contributed by atoms with Gasteiger partial charge < -0.3 is 0 Å². The van der Waals surface area contributed by atoms with E-state index < -0.39 is 31.3 Å². The van der Waals surface area contributed by atoms with Crippen molar-refractivity contribution in [1.29, 1.82) is 0 Å². The average molecular weight is 895 g/mol. The molecule has 0 heterocycles. The van der Waals surface area contributed by atoms with Crippen LogP contribution in [0.3, 0.4) is 0 Å². The third kappa shape index (κ3) is 6.57. The van der Waals surface area contributed by atoms with Crippen LogP contribution in [0.15, 0.2) is 273 Å². The van der Waals surface area contributed by atoms with Gasteiger partial charge in [0.15, 0.2) is 0 Å². The zero-order chi connectivity index (χ0) is 39.1. The molecule has 0 aliphatic rings. The summed E-state index contributed by atoms with van der Waals surface area (Å²) in [6.07, 6.45) is 0. The first-order valence-electron chi connectivity index (χ1n) is 20.2. The summed E-state index contributed by atoms with van der Waals surface area (Å²) in [5.74, 6) is 0. The van der Waals surface area contributed by atoms with E-state index in [0.717, 1.165) is 0 Å². The predicted molar refractivity (Wildman–Crippen MR) is 265 cm³/mol. The van der Waals surface area contributed by atoms with Crippen molar-refractivity contribution in [3.63, 3.8) is 0 Å². The molecule has 0 bridgehead atoms. The molecule has 9 aromatic rings. The SMILES string of the molecule is c1ccc([PH](c2ccccc2)(c2ccccc2)[RuH4]([PH](c2ccccc2)(c2ccccc2)c2ccccc2)[PH](c2ccccc2)(c2ccccc2)c2ccccc2)cc1. The van der Waals surface area contributed by atoms with Gasteiger partial charge in [0.25, 0.3) is 0 Å². The Hall–Kier alpha value is -5.11. The Labute approximate surface area is 349 Å². The Bertz CT molecular complexity index is 2040. The topological polar surface area (TPSA) is 0 Å². The van der Waals surface area contributed by atoms with Crippen LogP contribution in [-0.4, -0.2) is 0 Å². The quantitative estimate of drug-likeness (QED) is 0.0854. The van der Waals surface area contributed by atoms with Gasteiger partial charge >= 0.3 is 352 Å². The Morgan fingerprint density at radius 2 is 0.259 bits per heavy atom. The van der Waals surface area contributed by atoms with E-state index in [1.54, 1.807) is 0 Å². The Balaban J connectivity index is 1.68. The van der Waals surface area contributed by atoms with Crippen molar-refractivity contribution in [2.45, 2.75) is 0 Å². The van der Waals surface area contributed by atoms with Gasteiger partial charge in [-0.1, -0.05) is 0 Å². The van der Waals surface area contributed by atoms with Crippen LogP contribution in [0.1, 0.15) is 0 Å². The van der Waals surface area contributed by atoms with Gasteiger partial charge in [0.2, 0.25) is 0 Å². The van der Waals surface area contributed by atoms with Crippen LogP contribution in [0.4, 0.5) is 0 Å². The molecule has 0 amide bonds. The summed E-state index contributed by atoms with van der Waals surface area (Å²) in [5.41, 5.74) is -9.30. The summed E-state index contributed by atoms with van der Waals surface area (Å²) >= 11 is -3.73. The predicted octanol–water partition coefficient (Wildman–Crippen LogP) is 8.46. The minimum atomic E-state index is -3.73. The van der Waals surface area contributed by atoms with Gasteiger partial charge in [-0.05, 0) is 0 Å². The Morgan fingerprint density at radius 3 is 0.362 bits per heavy atom. The molecule has 291 valence electrons. The molecule has 0 saturated carbocycles. The minimum absolute atomic E-state index is 1.51. The maximum atomic E-state index is 2.52. The van der Waals surface area contributed by atoms with E-state index in [1.807, 2.05) is 0 Å². The molecule has 0 aliphatic heterocycles. The van der Waals surface area contributed by atoms with Gasteiger partial charge in [-0.15, -0.1) is 0 Å². The maximum absolute atomic E-state index is 3.73. The first-order valence-corrected chi connectivity index (χ1v) is 37.3. The van der Waals surface area contributed by atoms with Crippen LogP contribution in [0.5, 0.6) is 0 Å². The molecule has 0 nitrogen and oxygen atoms in total. The van der Waals surface area contributed by atoms with E-state index in [2.05, 4.69) is 273 Å². The van der Waals surface area contributed by atoms with Crippen LogP contribution in [0.25, 0.3) is 0 Å². The second kappa shape index (κ2) is 17.4. The van der Waals surface area contributed by atoms with Gasteiger partial charge in [0, 0.05) is 0 Å². The van der Waals surface area contributed by atoms with E-state index in [-0.39, 0.29) is 0 Å². The molecule has 0 atom stereocenters. The van der Waals surface area contributed by atoms with Crippen LogP contribution < -0.4 is 47.7 Å². The van der Waals surface area contributed by atoms with E-state index in [9.17, 15) is 0 Å². The van der Waals surface area contributed by atoms with Crippen LogP contribution in [0, 0.1) is 0 Å². The molecule has 0 N–H and O–H groups in total. The summed E-state index contributed by atoms with van der Waals surface area (Å²) in [5, 5.41) is 13.6. The molecule has 9 rings (SSSR count). The molecular formula is C54H52P3Ru. The van der Waals surface area contributed by atoms with E-state index >= 15 is 0 Å². The molecule has 0 aromatic heterocycles. The van der Waals surface area contributed by atoms with Crippen molar-refractivity contribution < 1.29 is 14.5 Å². The summed E-state index contributed by atoms with van der Waals surface area (Å²) in [6, 6.07) is 107. The van der Waals surface area contributed by atoms with Gasteiger partial charge in [-0.25, -0.2) is 0 Å². The van der Waals surface area contributed by atoms with Gasteiger partial charge in [-0.3, -0.25) is 0 Å². The number of hydrogen-bond donors (Lipinski definition) is 0. The van der Waals surface area contributed by atoms with Crippen LogP contribution in [-0.2, 0) is 14.5 Å². The second-order valence-electron chi connectivity index (χ2n) is 14.9. The van der Waals surface area contributed by atoms with Gasteiger partial charge in [-0.2, -0.15) is 0 Å². The molecule has 0 unspecified atom stereocenters. The fourth-order valence-corrected chi connectivity index (χ4v) is 142. The molecule has 4 heteroatoms. The molecule has 58 heavy (non-hydrogen) atoms. The average Bonchev–Trinajstić information content (AvgIpc) is 3.33. The van der Waals surface area contributed by atoms with Crippen molar-refractivity contribution in [3.05, 3.63) is 273 Å². The van der Waals surface area contributed by atoms with Crippen molar-refractivity contribution in [3.8, 4) is 0 Å².